The van der Waals surface area contributed by atoms with Gasteiger partial charge in [-0.3, -0.25) is 9.59 Å². The third-order valence-electron chi connectivity index (χ3n) is 5.26. The fraction of sp³-hybridized carbons (Fsp3) is 0.318. The average molecular weight is 475 g/mol. The zero-order chi connectivity index (χ0) is 24.2. The number of rotatable bonds is 7. The molecule has 1 fully saturated rings. The highest BCUT2D eigenvalue weighted by Gasteiger charge is 2.28. The summed E-state index contributed by atoms with van der Waals surface area (Å²) in [6.45, 7) is 3.38. The molecule has 176 valence electrons. The van der Waals surface area contributed by atoms with E-state index < -0.39 is 33.9 Å². The highest BCUT2D eigenvalue weighted by atomic mass is 32.2. The number of ether oxygens (including phenoxy) is 1. The van der Waals surface area contributed by atoms with Gasteiger partial charge in [-0.1, -0.05) is 6.07 Å². The van der Waals surface area contributed by atoms with Crippen molar-refractivity contribution in [1.82, 2.24) is 9.21 Å². The smallest absolute Gasteiger partial charge is 0.338 e. The lowest BCUT2D eigenvalue weighted by Crippen LogP contribution is -2.47. The third-order valence-corrected chi connectivity index (χ3v) is 7.15. The summed E-state index contributed by atoms with van der Waals surface area (Å²) >= 11 is 0. The van der Waals surface area contributed by atoms with E-state index in [0.29, 0.717) is 37.4 Å². The molecule has 1 unspecified atom stereocenters. The second-order valence-electron chi connectivity index (χ2n) is 7.71. The van der Waals surface area contributed by atoms with Crippen LogP contribution < -0.4 is 11.1 Å². The number of piperazine rings is 1. The van der Waals surface area contributed by atoms with Gasteiger partial charge in [0.15, 0.2) is 6.10 Å². The van der Waals surface area contributed by atoms with Crippen LogP contribution in [0, 0.1) is 0 Å². The Morgan fingerprint density at radius 1 is 1.00 bits per heavy atom. The molecule has 1 saturated heterocycles. The fourth-order valence-corrected chi connectivity index (χ4v) is 4.67. The SMILES string of the molecule is CC(OC(=O)c1cccc(S(=O)(=O)N2CCN(C)CC2)c1)C(=O)Nc1ccc(C(N)=O)cc1. The molecule has 0 aliphatic carbocycles. The van der Waals surface area contributed by atoms with Crippen LogP contribution in [-0.2, 0) is 19.6 Å². The van der Waals surface area contributed by atoms with Crippen LogP contribution in [0.1, 0.15) is 27.6 Å². The Balaban J connectivity index is 1.65. The van der Waals surface area contributed by atoms with Crippen LogP contribution in [0.5, 0.6) is 0 Å². The van der Waals surface area contributed by atoms with E-state index >= 15 is 0 Å². The lowest BCUT2D eigenvalue weighted by molar-refractivity contribution is -0.123. The number of sulfonamides is 1. The zero-order valence-electron chi connectivity index (χ0n) is 18.4. The molecule has 11 heteroatoms. The van der Waals surface area contributed by atoms with Crippen molar-refractivity contribution < 1.29 is 27.5 Å². The lowest BCUT2D eigenvalue weighted by atomic mass is 10.2. The van der Waals surface area contributed by atoms with Crippen molar-refractivity contribution in [2.75, 3.05) is 38.5 Å². The van der Waals surface area contributed by atoms with E-state index in [4.69, 9.17) is 10.5 Å². The number of hydrogen-bond acceptors (Lipinski definition) is 7. The number of nitrogens with one attached hydrogen (secondary N) is 1. The molecule has 0 bridgehead atoms. The molecule has 1 heterocycles. The van der Waals surface area contributed by atoms with Crippen molar-refractivity contribution in [2.24, 2.45) is 5.73 Å². The summed E-state index contributed by atoms with van der Waals surface area (Å²) in [5, 5.41) is 2.57. The summed E-state index contributed by atoms with van der Waals surface area (Å²) in [6.07, 6.45) is -1.15. The van der Waals surface area contributed by atoms with Crippen LogP contribution in [0.4, 0.5) is 5.69 Å². The summed E-state index contributed by atoms with van der Waals surface area (Å²) < 4.78 is 32.5. The number of primary amides is 1. The first-order chi connectivity index (χ1) is 15.6. The van der Waals surface area contributed by atoms with Crippen molar-refractivity contribution in [3.05, 3.63) is 59.7 Å². The van der Waals surface area contributed by atoms with E-state index in [2.05, 4.69) is 5.32 Å². The maximum Gasteiger partial charge on any atom is 0.338 e. The first kappa shape index (κ1) is 24.4. The molecule has 1 atom stereocenters. The molecule has 3 N–H and O–H groups in total. The van der Waals surface area contributed by atoms with Gasteiger partial charge in [-0.05, 0) is 56.4 Å². The van der Waals surface area contributed by atoms with Gasteiger partial charge in [0.05, 0.1) is 10.5 Å². The first-order valence-corrected chi connectivity index (χ1v) is 11.7. The summed E-state index contributed by atoms with van der Waals surface area (Å²) in [5.74, 6) is -2.00. The van der Waals surface area contributed by atoms with Gasteiger partial charge in [-0.25, -0.2) is 13.2 Å². The van der Waals surface area contributed by atoms with E-state index in [9.17, 15) is 22.8 Å². The van der Waals surface area contributed by atoms with Crippen LogP contribution in [0.3, 0.4) is 0 Å². The summed E-state index contributed by atoms with van der Waals surface area (Å²) in [5.41, 5.74) is 5.89. The number of anilines is 1. The summed E-state index contributed by atoms with van der Waals surface area (Å²) in [6, 6.07) is 11.5. The highest BCUT2D eigenvalue weighted by Crippen LogP contribution is 2.19. The summed E-state index contributed by atoms with van der Waals surface area (Å²) in [4.78, 5) is 38.1. The molecule has 10 nitrogen and oxygen atoms in total. The number of carbonyl (C=O) groups excluding carboxylic acids is 3. The van der Waals surface area contributed by atoms with Crippen molar-refractivity contribution in [2.45, 2.75) is 17.9 Å². The third kappa shape index (κ3) is 5.95. The van der Waals surface area contributed by atoms with Gasteiger partial charge in [-0.15, -0.1) is 0 Å². The number of carbonyl (C=O) groups is 3. The summed E-state index contributed by atoms with van der Waals surface area (Å²) in [7, 11) is -1.83. The normalized spacial score (nSPS) is 16.1. The second kappa shape index (κ2) is 10.1. The average Bonchev–Trinajstić information content (AvgIpc) is 2.79. The van der Waals surface area contributed by atoms with Gasteiger partial charge in [-0.2, -0.15) is 4.31 Å². The minimum absolute atomic E-state index is 0.00634. The molecule has 0 spiro atoms. The minimum Gasteiger partial charge on any atom is -0.449 e. The van der Waals surface area contributed by atoms with E-state index in [-0.39, 0.29) is 10.5 Å². The van der Waals surface area contributed by atoms with Crippen molar-refractivity contribution in [3.8, 4) is 0 Å². The molecule has 1 aliphatic rings. The number of likely N-dealkylation sites (N-methyl/N-ethyl adjacent to an activating group) is 1. The molecule has 3 rings (SSSR count). The van der Waals surface area contributed by atoms with Crippen LogP contribution in [0.15, 0.2) is 53.4 Å². The fourth-order valence-electron chi connectivity index (χ4n) is 3.20. The number of amides is 2. The van der Waals surface area contributed by atoms with E-state index in [1.165, 1.54) is 59.8 Å². The van der Waals surface area contributed by atoms with E-state index in [0.717, 1.165) is 0 Å². The topological polar surface area (TPSA) is 139 Å². The number of hydrogen-bond donors (Lipinski definition) is 2. The molecule has 2 amide bonds. The molecule has 33 heavy (non-hydrogen) atoms. The molecule has 0 aromatic heterocycles. The molecular weight excluding hydrogens is 448 g/mol. The quantitative estimate of drug-likeness (QED) is 0.569. The van der Waals surface area contributed by atoms with Gasteiger partial charge >= 0.3 is 5.97 Å². The zero-order valence-corrected chi connectivity index (χ0v) is 19.2. The van der Waals surface area contributed by atoms with Crippen molar-refractivity contribution in [1.29, 1.82) is 0 Å². The molecular formula is C22H26N4O6S. The van der Waals surface area contributed by atoms with Gasteiger partial charge in [0.25, 0.3) is 5.91 Å². The first-order valence-electron chi connectivity index (χ1n) is 10.3. The molecule has 0 saturated carbocycles. The van der Waals surface area contributed by atoms with Gasteiger partial charge in [0, 0.05) is 37.4 Å². The highest BCUT2D eigenvalue weighted by molar-refractivity contribution is 7.89. The monoisotopic (exact) mass is 474 g/mol. The van der Waals surface area contributed by atoms with Crippen molar-refractivity contribution >= 4 is 33.5 Å². The Hall–Kier alpha value is -3.28. The number of nitrogens with zero attached hydrogens (tertiary/aromatic N) is 2. The maximum atomic E-state index is 12.9. The Morgan fingerprint density at radius 3 is 2.24 bits per heavy atom. The Kier molecular flexibility index (Phi) is 7.46. The standard InChI is InChI=1S/C22H26N4O6S/c1-15(21(28)24-18-8-6-16(7-9-18)20(23)27)32-22(29)17-4-3-5-19(14-17)33(30,31)26-12-10-25(2)11-13-26/h3-9,14-15H,10-13H2,1-2H3,(H2,23,27)(H,24,28). The van der Waals surface area contributed by atoms with Gasteiger partial charge in [0.2, 0.25) is 15.9 Å². The predicted molar refractivity (Wildman–Crippen MR) is 121 cm³/mol. The van der Waals surface area contributed by atoms with Crippen LogP contribution >= 0.6 is 0 Å². The largest absolute Gasteiger partial charge is 0.449 e. The van der Waals surface area contributed by atoms with Crippen LogP contribution in [-0.4, -0.2) is 74.7 Å². The van der Waals surface area contributed by atoms with Gasteiger partial charge in [0.1, 0.15) is 0 Å². The Bertz CT molecular complexity index is 1140. The predicted octanol–water partition coefficient (Wildman–Crippen LogP) is 0.906. The molecule has 0 radical (unpaired) electrons. The van der Waals surface area contributed by atoms with E-state index in [1.54, 1.807) is 0 Å². The van der Waals surface area contributed by atoms with Crippen LogP contribution in [0.25, 0.3) is 0 Å². The lowest BCUT2D eigenvalue weighted by Gasteiger charge is -2.31. The second-order valence-corrected chi connectivity index (χ2v) is 9.65. The Labute approximate surface area is 192 Å². The molecule has 2 aromatic carbocycles. The number of nitrogens with two attached hydrogens (primary N) is 1. The number of esters is 1. The van der Waals surface area contributed by atoms with Crippen LogP contribution in [0.2, 0.25) is 0 Å². The molecule has 1 aliphatic heterocycles. The molecule has 2 aromatic rings. The number of benzene rings is 2. The Morgan fingerprint density at radius 2 is 1.64 bits per heavy atom. The minimum atomic E-state index is -3.75. The van der Waals surface area contributed by atoms with E-state index in [1.807, 2.05) is 11.9 Å². The van der Waals surface area contributed by atoms with Crippen molar-refractivity contribution in [3.63, 3.8) is 0 Å². The maximum absolute atomic E-state index is 12.9. The van der Waals surface area contributed by atoms with Gasteiger partial charge < -0.3 is 20.7 Å².